The molecule has 18 aromatic rings. The third kappa shape index (κ3) is 23.9. The van der Waals surface area contributed by atoms with Crippen molar-refractivity contribution in [1.29, 1.82) is 0 Å². The van der Waals surface area contributed by atoms with Crippen LogP contribution in [0.3, 0.4) is 0 Å². The van der Waals surface area contributed by atoms with Gasteiger partial charge in [-0.25, -0.2) is 4.98 Å². The summed E-state index contributed by atoms with van der Waals surface area (Å²) >= 11 is 1.84. The molecular formula is C104H107Ir3N7O2SSi6-6. The number of rotatable bonds is 12. The Bertz CT molecular complexity index is 6480. The fraction of sp³-hybridized carbons (Fsp3) is 0.202. The first-order valence-electron chi connectivity index (χ1n) is 41.1. The Morgan fingerprint density at radius 1 is 0.293 bits per heavy atom. The Morgan fingerprint density at radius 3 is 1.22 bits per heavy atom. The Labute approximate surface area is 778 Å². The number of aromatic nitrogens is 7. The van der Waals surface area contributed by atoms with E-state index in [0.717, 1.165) is 112 Å². The van der Waals surface area contributed by atoms with E-state index >= 15 is 0 Å². The fourth-order valence-electron chi connectivity index (χ4n) is 14.2. The second kappa shape index (κ2) is 40.9. The van der Waals surface area contributed by atoms with Gasteiger partial charge in [0.2, 0.25) is 5.71 Å². The molecular weight excluding hydrogens is 2160 g/mol. The van der Waals surface area contributed by atoms with Crippen molar-refractivity contribution in [2.24, 2.45) is 0 Å². The zero-order valence-corrected chi connectivity index (χ0v) is 88.3. The van der Waals surface area contributed by atoms with Gasteiger partial charge >= 0.3 is 0 Å². The van der Waals surface area contributed by atoms with Crippen LogP contribution in [0.5, 0.6) is 0 Å². The molecule has 3 radical (unpaired) electrons. The molecule has 633 valence electrons. The summed E-state index contributed by atoms with van der Waals surface area (Å²) in [6.07, 6.45) is 12.1. The Morgan fingerprint density at radius 2 is 0.732 bits per heavy atom. The number of benzene rings is 8. The zero-order valence-electron chi connectivity index (χ0n) is 74.3. The molecule has 0 aliphatic carbocycles. The predicted octanol–water partition coefficient (Wildman–Crippen LogP) is 25.0. The molecule has 0 N–H and O–H groups in total. The molecule has 0 spiro atoms. The molecule has 0 amide bonds. The number of para-hydroxylation sites is 1. The second-order valence-electron chi connectivity index (χ2n) is 36.7. The summed E-state index contributed by atoms with van der Waals surface area (Å²) in [4.78, 5) is 32.1. The van der Waals surface area contributed by atoms with E-state index < -0.39 is 48.4 Å². The summed E-state index contributed by atoms with van der Waals surface area (Å²) in [5.41, 5.74) is 18.8. The fourth-order valence-corrected chi connectivity index (χ4v) is 23.0. The molecule has 19 heteroatoms. The van der Waals surface area contributed by atoms with Crippen LogP contribution in [0.4, 0.5) is 0 Å². The van der Waals surface area contributed by atoms with E-state index in [1.807, 2.05) is 158 Å². The standard InChI is InChI=1S/C21H20NOSi.C21H20NSSi.C20H19N2OSi.3C14H16NSi.3Ir/c1-14-12-18(22-13-20(14)24(2,3)4)17-10-7-9-16-15-8-5-6-11-19(15)23-21(16)17;1-14-11-18(22-13-21(14)24(2,3)4)15-9-10-17-16-7-5-6-8-19(16)23-20(17)12-15;1-13-8-10-16-15-6-5-7-17(19(15)23-20(16)22-13)18-11-9-14(12-21-18)24(2,3)4;1-16(2,3)13-9-10-15-14(11-13)12-7-5-4-6-8-12;2*1-16(2,3)13-9-10-14(15-11-13)12-7-5-4-6-8-12;;;/h5-9,11-13H,1-4H3;5-8,10-13H,1-4H3;5-6,8-12H,1-4H3;3*4-7,9-11H,1-3H3;;;/q6*-1;;;. The van der Waals surface area contributed by atoms with Gasteiger partial charge in [0.25, 0.3) is 0 Å². The van der Waals surface area contributed by atoms with Crippen LogP contribution in [-0.4, -0.2) is 83.3 Å². The van der Waals surface area contributed by atoms with Gasteiger partial charge in [-0.2, -0.15) is 11.3 Å². The molecule has 0 saturated carbocycles. The van der Waals surface area contributed by atoms with Crippen LogP contribution in [0.15, 0.2) is 277 Å². The number of furan rings is 2. The normalized spacial score (nSPS) is 11.6. The van der Waals surface area contributed by atoms with Gasteiger partial charge in [-0.15, -0.1) is 168 Å². The number of pyridine rings is 7. The van der Waals surface area contributed by atoms with E-state index in [9.17, 15) is 0 Å². The summed E-state index contributed by atoms with van der Waals surface area (Å²) in [5.74, 6) is 0. The van der Waals surface area contributed by atoms with Gasteiger partial charge in [0.1, 0.15) is 5.58 Å². The molecule has 10 heterocycles. The van der Waals surface area contributed by atoms with E-state index in [-0.39, 0.29) is 60.3 Å². The zero-order chi connectivity index (χ0) is 85.5. The SMILES string of the molecule is C[Si](C)(C)c1ccc(-c2[c-]cccc2)nc1.C[Si](C)(C)c1ccc(-c2[c-]cccc2)nc1.C[Si](C)(C)c1ccnc(-c2[c-]cccc2)c1.Cc1cc(-c2[c-]cc3c(c2)sc2ccccc23)ncc1[Si](C)(C)C.Cc1cc(-c2[c-]ccc3c2oc2ccccc23)ncc1[Si](C)(C)C.Cc1ccc2c(n1)oc1c(-c3ccc([Si](C)(C)C)cn3)[c-]ccc12.[Ir].[Ir].[Ir]. The average Bonchev–Trinajstić information content (AvgIpc) is 1.68. The second-order valence-corrected chi connectivity index (χ2v) is 68.2. The predicted molar refractivity (Wildman–Crippen MR) is 528 cm³/mol. The number of hydrogen-bond acceptors (Lipinski definition) is 10. The molecule has 0 aliphatic heterocycles. The monoisotopic (exact) mass is 2260 g/mol. The van der Waals surface area contributed by atoms with Gasteiger partial charge in [-0.3, -0.25) is 0 Å². The number of aryl methyl sites for hydroxylation is 3. The first-order chi connectivity index (χ1) is 57.0. The minimum Gasteiger partial charge on any atom is -0.501 e. The third-order valence-corrected chi connectivity index (χ3v) is 34.7. The largest absolute Gasteiger partial charge is 0.501 e. The van der Waals surface area contributed by atoms with Crippen LogP contribution in [0.25, 0.3) is 132 Å². The van der Waals surface area contributed by atoms with Crippen LogP contribution in [0, 0.1) is 57.2 Å². The van der Waals surface area contributed by atoms with Crippen LogP contribution in [0.1, 0.15) is 16.8 Å². The van der Waals surface area contributed by atoms with Crippen molar-refractivity contribution in [3.05, 3.63) is 321 Å². The Kier molecular flexibility index (Phi) is 31.9. The molecule has 0 unspecified atom stereocenters. The minimum absolute atomic E-state index is 0. The molecule has 0 atom stereocenters. The maximum atomic E-state index is 6.11. The summed E-state index contributed by atoms with van der Waals surface area (Å²) in [7, 11) is -7.78. The molecule has 8 aromatic carbocycles. The first kappa shape index (κ1) is 96.1. The third-order valence-electron chi connectivity index (χ3n) is 21.2. The van der Waals surface area contributed by atoms with E-state index in [2.05, 4.69) is 321 Å². The van der Waals surface area contributed by atoms with Gasteiger partial charge in [0, 0.05) is 119 Å². The summed E-state index contributed by atoms with van der Waals surface area (Å²) in [5, 5.41) is 15.4. The van der Waals surface area contributed by atoms with Gasteiger partial charge in [0.15, 0.2) is 0 Å². The van der Waals surface area contributed by atoms with Crippen molar-refractivity contribution in [3.63, 3.8) is 0 Å². The molecule has 0 fully saturated rings. The first-order valence-corrected chi connectivity index (χ1v) is 62.9. The maximum absolute atomic E-state index is 6.11. The molecule has 18 rings (SSSR count). The Hall–Kier alpha value is -9.12. The van der Waals surface area contributed by atoms with E-state index in [1.54, 1.807) is 0 Å². The molecule has 123 heavy (non-hydrogen) atoms. The maximum Gasteiger partial charge on any atom is 0.216 e. The molecule has 0 aliphatic rings. The van der Waals surface area contributed by atoms with Crippen molar-refractivity contribution in [2.75, 3.05) is 0 Å². The quantitative estimate of drug-likeness (QED) is 0.0871. The molecule has 9 nitrogen and oxygen atoms in total. The summed E-state index contributed by atoms with van der Waals surface area (Å²) < 4.78 is 14.8. The van der Waals surface area contributed by atoms with E-state index in [4.69, 9.17) is 18.8 Å². The van der Waals surface area contributed by atoms with Crippen LogP contribution in [0.2, 0.25) is 118 Å². The Balaban J connectivity index is 0.000000155. The number of nitrogens with zero attached hydrogens (tertiary/aromatic N) is 7. The van der Waals surface area contributed by atoms with Gasteiger partial charge in [-0.1, -0.05) is 252 Å². The summed E-state index contributed by atoms with van der Waals surface area (Å²) in [6, 6.07) is 98.3. The van der Waals surface area contributed by atoms with Crippen molar-refractivity contribution in [2.45, 2.75) is 139 Å². The molecule has 0 bridgehead atoms. The van der Waals surface area contributed by atoms with Gasteiger partial charge in [-0.05, 0) is 121 Å². The van der Waals surface area contributed by atoms with Gasteiger partial charge in [0.05, 0.1) is 59.6 Å². The van der Waals surface area contributed by atoms with Crippen molar-refractivity contribution >= 4 is 155 Å². The van der Waals surface area contributed by atoms with Crippen molar-refractivity contribution < 1.29 is 69.2 Å². The molecule has 10 aromatic heterocycles. The van der Waals surface area contributed by atoms with Crippen LogP contribution >= 0.6 is 11.3 Å². The number of thiophene rings is 1. The van der Waals surface area contributed by atoms with Crippen molar-refractivity contribution in [1.82, 2.24) is 34.9 Å². The van der Waals surface area contributed by atoms with Crippen molar-refractivity contribution in [3.8, 4) is 67.5 Å². The number of fused-ring (bicyclic) bond motifs is 9. The average molecular weight is 2260 g/mol. The molecule has 0 saturated heterocycles. The summed E-state index contributed by atoms with van der Waals surface area (Å²) in [6.45, 7) is 48.5. The number of hydrogen-bond donors (Lipinski definition) is 0. The van der Waals surface area contributed by atoms with Gasteiger partial charge < -0.3 is 38.7 Å². The van der Waals surface area contributed by atoms with Crippen LogP contribution < -0.4 is 31.1 Å². The topological polar surface area (TPSA) is 117 Å². The minimum atomic E-state index is -1.38. The van der Waals surface area contributed by atoms with Crippen LogP contribution in [-0.2, 0) is 60.3 Å². The van der Waals surface area contributed by atoms with E-state index in [1.165, 1.54) is 62.4 Å². The smallest absolute Gasteiger partial charge is 0.216 e. The van der Waals surface area contributed by atoms with E-state index in [0.29, 0.717) is 5.71 Å².